The molecule has 0 amide bonds. The van der Waals surface area contributed by atoms with Gasteiger partial charge in [-0.15, -0.1) is 0 Å². The lowest BCUT2D eigenvalue weighted by atomic mass is 9.98. The fourth-order valence-corrected chi connectivity index (χ4v) is 2.88. The van der Waals surface area contributed by atoms with Crippen molar-refractivity contribution in [3.05, 3.63) is 16.5 Å². The second kappa shape index (κ2) is 5.87. The average Bonchev–Trinajstić information content (AvgIpc) is 2.59. The van der Waals surface area contributed by atoms with Crippen LogP contribution in [-0.2, 0) is 0 Å². The van der Waals surface area contributed by atoms with Crippen molar-refractivity contribution in [3.8, 4) is 0 Å². The second-order valence-electron chi connectivity index (χ2n) is 5.20. The molecule has 0 spiro atoms. The molecule has 2 heterocycles. The third kappa shape index (κ3) is 2.94. The lowest BCUT2D eigenvalue weighted by Gasteiger charge is -2.24. The molecule has 0 aromatic carbocycles. The highest BCUT2D eigenvalue weighted by Crippen LogP contribution is 2.27. The zero-order valence-electron chi connectivity index (χ0n) is 11.5. The largest absolute Gasteiger partial charge is 0.356 e. The summed E-state index contributed by atoms with van der Waals surface area (Å²) in [5.41, 5.74) is 1.01. The van der Waals surface area contributed by atoms with Gasteiger partial charge in [0, 0.05) is 18.7 Å². The number of hydrogen-bond donors (Lipinski definition) is 0. The van der Waals surface area contributed by atoms with Crippen LogP contribution in [0.15, 0.2) is 0 Å². The van der Waals surface area contributed by atoms with Crippen molar-refractivity contribution >= 4 is 17.4 Å². The van der Waals surface area contributed by atoms with Crippen LogP contribution in [0.2, 0.25) is 5.15 Å². The van der Waals surface area contributed by atoms with Gasteiger partial charge in [0.05, 0.1) is 0 Å². The molecule has 0 radical (unpaired) electrons. The Morgan fingerprint density at radius 3 is 2.72 bits per heavy atom. The Labute approximate surface area is 115 Å². The van der Waals surface area contributed by atoms with Crippen LogP contribution in [0.25, 0.3) is 0 Å². The Hall–Kier alpha value is -0.830. The summed E-state index contributed by atoms with van der Waals surface area (Å²) in [7, 11) is 0. The quantitative estimate of drug-likeness (QED) is 0.764. The first kappa shape index (κ1) is 13.6. The molecule has 1 aliphatic heterocycles. The van der Waals surface area contributed by atoms with Gasteiger partial charge in [-0.05, 0) is 39.0 Å². The third-order valence-electron chi connectivity index (χ3n) is 3.90. The van der Waals surface area contributed by atoms with Crippen LogP contribution in [-0.4, -0.2) is 23.1 Å². The van der Waals surface area contributed by atoms with Crippen LogP contribution in [0, 0.1) is 19.8 Å². The summed E-state index contributed by atoms with van der Waals surface area (Å²) in [5.74, 6) is 2.66. The van der Waals surface area contributed by atoms with Gasteiger partial charge in [0.15, 0.2) is 0 Å². The van der Waals surface area contributed by atoms with Crippen LogP contribution in [0.4, 0.5) is 5.82 Å². The smallest absolute Gasteiger partial charge is 0.137 e. The highest BCUT2D eigenvalue weighted by Gasteiger charge is 2.19. The van der Waals surface area contributed by atoms with E-state index in [4.69, 9.17) is 11.6 Å². The van der Waals surface area contributed by atoms with Gasteiger partial charge < -0.3 is 4.90 Å². The van der Waals surface area contributed by atoms with E-state index in [1.54, 1.807) is 0 Å². The van der Waals surface area contributed by atoms with Crippen LogP contribution < -0.4 is 4.90 Å². The van der Waals surface area contributed by atoms with E-state index in [-0.39, 0.29) is 0 Å². The summed E-state index contributed by atoms with van der Waals surface area (Å²) in [4.78, 5) is 11.2. The van der Waals surface area contributed by atoms with Gasteiger partial charge >= 0.3 is 0 Å². The number of aromatic nitrogens is 2. The van der Waals surface area contributed by atoms with Crippen LogP contribution in [0.5, 0.6) is 0 Å². The Bertz CT molecular complexity index is 420. The van der Waals surface area contributed by atoms with Gasteiger partial charge in [-0.25, -0.2) is 9.97 Å². The van der Waals surface area contributed by atoms with Crippen LogP contribution in [0.1, 0.15) is 44.0 Å². The second-order valence-corrected chi connectivity index (χ2v) is 5.56. The van der Waals surface area contributed by atoms with Crippen molar-refractivity contribution in [1.82, 2.24) is 9.97 Å². The molecule has 18 heavy (non-hydrogen) atoms. The number of nitrogens with zero attached hydrogens (tertiary/aromatic N) is 3. The van der Waals surface area contributed by atoms with Gasteiger partial charge in [-0.1, -0.05) is 24.9 Å². The summed E-state index contributed by atoms with van der Waals surface area (Å²) in [6, 6.07) is 0. The summed E-state index contributed by atoms with van der Waals surface area (Å²) in [6.45, 7) is 8.38. The van der Waals surface area contributed by atoms with E-state index in [1.165, 1.54) is 25.7 Å². The topological polar surface area (TPSA) is 29.0 Å². The highest BCUT2D eigenvalue weighted by molar-refractivity contribution is 6.30. The maximum absolute atomic E-state index is 6.16. The number of rotatable bonds is 2. The van der Waals surface area contributed by atoms with Crippen molar-refractivity contribution < 1.29 is 0 Å². The number of halogens is 1. The minimum Gasteiger partial charge on any atom is -0.356 e. The number of aryl methyl sites for hydroxylation is 1. The number of hydrogen-bond acceptors (Lipinski definition) is 3. The lowest BCUT2D eigenvalue weighted by molar-refractivity contribution is 0.459. The van der Waals surface area contributed by atoms with Crippen molar-refractivity contribution in [1.29, 1.82) is 0 Å². The fraction of sp³-hybridized carbons (Fsp3) is 0.714. The van der Waals surface area contributed by atoms with E-state index in [2.05, 4.69) is 21.8 Å². The molecule has 1 fully saturated rings. The SMILES string of the molecule is CCC1CCCN(c2nc(C)nc(Cl)c2C)CC1. The zero-order valence-corrected chi connectivity index (χ0v) is 12.3. The molecule has 1 aromatic rings. The first-order valence-corrected chi connectivity index (χ1v) is 7.25. The molecule has 0 aliphatic carbocycles. The number of anilines is 1. The Balaban J connectivity index is 2.21. The molecule has 0 bridgehead atoms. The summed E-state index contributed by atoms with van der Waals surface area (Å²) in [5, 5.41) is 0.591. The summed E-state index contributed by atoms with van der Waals surface area (Å²) in [6.07, 6.45) is 5.13. The maximum atomic E-state index is 6.16. The van der Waals surface area contributed by atoms with E-state index >= 15 is 0 Å². The molecule has 1 saturated heterocycles. The summed E-state index contributed by atoms with van der Waals surface area (Å²) < 4.78 is 0. The highest BCUT2D eigenvalue weighted by atomic mass is 35.5. The van der Waals surface area contributed by atoms with Crippen molar-refractivity contribution in [3.63, 3.8) is 0 Å². The molecule has 100 valence electrons. The Morgan fingerprint density at radius 1 is 1.22 bits per heavy atom. The van der Waals surface area contributed by atoms with E-state index in [9.17, 15) is 0 Å². The monoisotopic (exact) mass is 267 g/mol. The third-order valence-corrected chi connectivity index (χ3v) is 4.27. The summed E-state index contributed by atoms with van der Waals surface area (Å²) >= 11 is 6.16. The molecule has 4 heteroatoms. The van der Waals surface area contributed by atoms with E-state index < -0.39 is 0 Å². The standard InChI is InChI=1S/C14H22ClN3/c1-4-12-6-5-8-18(9-7-12)14-10(2)13(15)16-11(3)17-14/h12H,4-9H2,1-3H3. The van der Waals surface area contributed by atoms with Crippen molar-refractivity contribution in [2.75, 3.05) is 18.0 Å². The first-order valence-electron chi connectivity index (χ1n) is 6.87. The Morgan fingerprint density at radius 2 is 2.00 bits per heavy atom. The van der Waals surface area contributed by atoms with Crippen molar-refractivity contribution in [2.24, 2.45) is 5.92 Å². The molecular weight excluding hydrogens is 246 g/mol. The predicted molar refractivity (Wildman–Crippen MR) is 76.4 cm³/mol. The molecule has 1 aliphatic rings. The normalized spacial score (nSPS) is 20.9. The van der Waals surface area contributed by atoms with Crippen LogP contribution in [0.3, 0.4) is 0 Å². The first-order chi connectivity index (χ1) is 8.61. The van der Waals surface area contributed by atoms with Gasteiger partial charge in [-0.3, -0.25) is 0 Å². The molecule has 3 nitrogen and oxygen atoms in total. The van der Waals surface area contributed by atoms with E-state index in [0.717, 1.165) is 36.2 Å². The van der Waals surface area contributed by atoms with Crippen molar-refractivity contribution in [2.45, 2.75) is 46.5 Å². The van der Waals surface area contributed by atoms with Crippen LogP contribution >= 0.6 is 11.6 Å². The zero-order chi connectivity index (χ0) is 13.1. The van der Waals surface area contributed by atoms with Gasteiger partial charge in [-0.2, -0.15) is 0 Å². The van der Waals surface area contributed by atoms with Gasteiger partial charge in [0.2, 0.25) is 0 Å². The molecule has 2 rings (SSSR count). The molecule has 1 aromatic heterocycles. The molecule has 0 N–H and O–H groups in total. The molecule has 1 unspecified atom stereocenters. The molecule has 0 saturated carbocycles. The van der Waals surface area contributed by atoms with Gasteiger partial charge in [0.25, 0.3) is 0 Å². The molecular formula is C14H22ClN3. The van der Waals surface area contributed by atoms with E-state index in [1.807, 2.05) is 13.8 Å². The van der Waals surface area contributed by atoms with E-state index in [0.29, 0.717) is 5.15 Å². The maximum Gasteiger partial charge on any atom is 0.137 e. The predicted octanol–water partition coefficient (Wildman–Crippen LogP) is 3.76. The fourth-order valence-electron chi connectivity index (χ4n) is 2.67. The molecule has 1 atom stereocenters. The average molecular weight is 268 g/mol. The minimum absolute atomic E-state index is 0.591. The lowest BCUT2D eigenvalue weighted by Crippen LogP contribution is -2.26. The minimum atomic E-state index is 0.591. The van der Waals surface area contributed by atoms with Gasteiger partial charge in [0.1, 0.15) is 16.8 Å². The Kier molecular flexibility index (Phi) is 4.44.